The summed E-state index contributed by atoms with van der Waals surface area (Å²) in [5.41, 5.74) is 0.796. The summed E-state index contributed by atoms with van der Waals surface area (Å²) in [6.45, 7) is -0.0171. The summed E-state index contributed by atoms with van der Waals surface area (Å²) in [5.74, 6) is -3.75. The molecule has 31 heavy (non-hydrogen) atoms. The van der Waals surface area contributed by atoms with Crippen LogP contribution >= 0.6 is 0 Å². The molecule has 0 heterocycles. The molecule has 2 amide bonds. The Balaban J connectivity index is 1.79. The smallest absolute Gasteiger partial charge is 0.352 e. The van der Waals surface area contributed by atoms with E-state index in [0.717, 1.165) is 0 Å². The van der Waals surface area contributed by atoms with Gasteiger partial charge in [-0.25, -0.2) is 4.39 Å². The van der Waals surface area contributed by atoms with Gasteiger partial charge in [0.15, 0.2) is 0 Å². The molecule has 0 aliphatic carbocycles. The monoisotopic (exact) mass is 440 g/mol. The summed E-state index contributed by atoms with van der Waals surface area (Å²) in [7, 11) is 0. The largest absolute Gasteiger partial charge is 0.525 e. The molecular formula is C22H24F4N2O3. The van der Waals surface area contributed by atoms with Crippen molar-refractivity contribution in [1.82, 2.24) is 10.6 Å². The Labute approximate surface area is 177 Å². The molecule has 2 aromatic rings. The third-order valence-electron chi connectivity index (χ3n) is 4.40. The number of amides is 2. The van der Waals surface area contributed by atoms with Gasteiger partial charge in [0.1, 0.15) is 0 Å². The Bertz CT molecular complexity index is 770. The molecule has 5 nitrogen and oxygen atoms in total. The quantitative estimate of drug-likeness (QED) is 0.396. The number of ether oxygens (including phenoxy) is 1. The lowest BCUT2D eigenvalue weighted by Crippen LogP contribution is -2.36. The molecule has 9 heteroatoms. The molecule has 0 aliphatic heterocycles. The molecule has 0 saturated carbocycles. The normalized spacial score (nSPS) is 11.7. The number of nitrogens with one attached hydrogen (secondary N) is 2. The summed E-state index contributed by atoms with van der Waals surface area (Å²) < 4.78 is 56.5. The standard InChI is InChI=1S/C22H24F4N2O3/c23-21(31-22(24,25)26,13-7-15-27-19(29)17-9-3-1-4-10-17)14-8-16-28-20(30)18-11-5-2-6-12-18/h1-6,9-12H,7-8,13-16H2,(H,27,29)(H,28,30). The Kier molecular flexibility index (Phi) is 8.99. The van der Waals surface area contributed by atoms with Gasteiger partial charge in [-0.1, -0.05) is 36.4 Å². The first-order chi connectivity index (χ1) is 14.7. The van der Waals surface area contributed by atoms with E-state index in [2.05, 4.69) is 15.4 Å². The molecule has 0 aliphatic rings. The van der Waals surface area contributed by atoms with Crippen LogP contribution < -0.4 is 10.6 Å². The Morgan fingerprint density at radius 2 is 1.10 bits per heavy atom. The molecule has 0 atom stereocenters. The van der Waals surface area contributed by atoms with Crippen molar-refractivity contribution in [2.24, 2.45) is 0 Å². The number of rotatable bonds is 11. The molecule has 0 aromatic heterocycles. The molecule has 2 aromatic carbocycles. The van der Waals surface area contributed by atoms with Crippen LogP contribution in [-0.4, -0.2) is 37.1 Å². The second-order valence-corrected chi connectivity index (χ2v) is 6.88. The molecule has 0 bridgehead atoms. The fourth-order valence-electron chi connectivity index (χ4n) is 2.93. The first-order valence-corrected chi connectivity index (χ1v) is 9.81. The zero-order valence-corrected chi connectivity index (χ0v) is 16.8. The molecule has 0 radical (unpaired) electrons. The predicted octanol–water partition coefficient (Wildman–Crippen LogP) is 4.61. The summed E-state index contributed by atoms with van der Waals surface area (Å²) in [6, 6.07) is 16.5. The van der Waals surface area contributed by atoms with Crippen LogP contribution in [0.15, 0.2) is 60.7 Å². The van der Waals surface area contributed by atoms with Crippen molar-refractivity contribution < 1.29 is 31.9 Å². The fourth-order valence-corrected chi connectivity index (χ4v) is 2.93. The van der Waals surface area contributed by atoms with E-state index in [-0.39, 0.29) is 25.9 Å². The topological polar surface area (TPSA) is 67.4 Å². The van der Waals surface area contributed by atoms with Gasteiger partial charge >= 0.3 is 6.36 Å². The minimum atomic E-state index is -5.14. The van der Waals surface area contributed by atoms with Crippen molar-refractivity contribution >= 4 is 11.8 Å². The Morgan fingerprint density at radius 1 is 0.710 bits per heavy atom. The lowest BCUT2D eigenvalue weighted by Gasteiger charge is -2.26. The number of alkyl halides is 4. The van der Waals surface area contributed by atoms with E-state index in [9.17, 15) is 27.2 Å². The van der Waals surface area contributed by atoms with Crippen LogP contribution in [0.2, 0.25) is 0 Å². The van der Waals surface area contributed by atoms with Crippen molar-refractivity contribution in [2.45, 2.75) is 37.9 Å². The fraction of sp³-hybridized carbons (Fsp3) is 0.364. The minimum absolute atomic E-state index is 0.00857. The number of carbonyl (C=O) groups excluding carboxylic acids is 2. The van der Waals surface area contributed by atoms with Gasteiger partial charge in [-0.15, -0.1) is 13.2 Å². The SMILES string of the molecule is O=C(NCCCC(F)(CCCNC(=O)c1ccccc1)OC(F)(F)F)c1ccccc1. The van der Waals surface area contributed by atoms with Crippen LogP contribution in [0.4, 0.5) is 17.6 Å². The maximum absolute atomic E-state index is 14.8. The van der Waals surface area contributed by atoms with Gasteiger partial charge in [0.05, 0.1) is 0 Å². The van der Waals surface area contributed by atoms with Gasteiger partial charge in [-0.05, 0) is 37.1 Å². The van der Waals surface area contributed by atoms with Crippen LogP contribution in [0.5, 0.6) is 0 Å². The molecule has 2 rings (SSSR count). The van der Waals surface area contributed by atoms with E-state index < -0.39 is 36.9 Å². The van der Waals surface area contributed by atoms with Crippen molar-refractivity contribution in [2.75, 3.05) is 13.1 Å². The Morgan fingerprint density at radius 3 is 1.45 bits per heavy atom. The Hall–Kier alpha value is -2.94. The van der Waals surface area contributed by atoms with Gasteiger partial charge < -0.3 is 10.6 Å². The lowest BCUT2D eigenvalue weighted by atomic mass is 10.1. The molecular weight excluding hydrogens is 416 g/mol. The maximum atomic E-state index is 14.8. The van der Waals surface area contributed by atoms with Crippen molar-refractivity contribution in [1.29, 1.82) is 0 Å². The minimum Gasteiger partial charge on any atom is -0.352 e. The van der Waals surface area contributed by atoms with Crippen LogP contribution in [0.1, 0.15) is 46.4 Å². The highest BCUT2D eigenvalue weighted by Crippen LogP contribution is 2.33. The third-order valence-corrected chi connectivity index (χ3v) is 4.40. The second kappa shape index (κ2) is 11.5. The summed E-state index contributed by atoms with van der Waals surface area (Å²) >= 11 is 0. The lowest BCUT2D eigenvalue weighted by molar-refractivity contribution is -0.395. The van der Waals surface area contributed by atoms with Crippen LogP contribution in [0.3, 0.4) is 0 Å². The third kappa shape index (κ3) is 9.17. The molecule has 2 N–H and O–H groups in total. The van der Waals surface area contributed by atoms with E-state index in [1.807, 2.05) is 0 Å². The maximum Gasteiger partial charge on any atom is 0.525 e. The van der Waals surface area contributed by atoms with Crippen molar-refractivity contribution in [3.05, 3.63) is 71.8 Å². The first-order valence-electron chi connectivity index (χ1n) is 9.81. The number of halogens is 4. The summed E-state index contributed by atoms with van der Waals surface area (Å²) in [4.78, 5) is 23.9. The number of hydrogen-bond donors (Lipinski definition) is 2. The van der Waals surface area contributed by atoms with Gasteiger partial charge in [-0.3, -0.25) is 14.3 Å². The van der Waals surface area contributed by atoms with Gasteiger partial charge in [0.2, 0.25) is 5.85 Å². The van der Waals surface area contributed by atoms with Crippen LogP contribution in [0.25, 0.3) is 0 Å². The van der Waals surface area contributed by atoms with Gasteiger partial charge in [-0.2, -0.15) is 0 Å². The average molecular weight is 440 g/mol. The van der Waals surface area contributed by atoms with Gasteiger partial charge in [0, 0.05) is 37.1 Å². The summed E-state index contributed by atoms with van der Waals surface area (Å²) in [6.07, 6.45) is -6.37. The second-order valence-electron chi connectivity index (χ2n) is 6.88. The highest BCUT2D eigenvalue weighted by atomic mass is 19.4. The van der Waals surface area contributed by atoms with Crippen molar-refractivity contribution in [3.8, 4) is 0 Å². The van der Waals surface area contributed by atoms with E-state index in [4.69, 9.17) is 0 Å². The number of carbonyl (C=O) groups is 2. The number of hydrogen-bond acceptors (Lipinski definition) is 3. The average Bonchev–Trinajstić information content (AvgIpc) is 2.74. The van der Waals surface area contributed by atoms with E-state index >= 15 is 0 Å². The zero-order chi connectivity index (χ0) is 22.7. The molecule has 168 valence electrons. The van der Waals surface area contributed by atoms with E-state index in [1.165, 1.54) is 0 Å². The molecule has 0 spiro atoms. The number of benzene rings is 2. The first kappa shape index (κ1) is 24.3. The van der Waals surface area contributed by atoms with Crippen LogP contribution in [-0.2, 0) is 4.74 Å². The summed E-state index contributed by atoms with van der Waals surface area (Å²) in [5, 5.41) is 5.07. The molecule has 0 fully saturated rings. The highest BCUT2D eigenvalue weighted by molar-refractivity contribution is 5.94. The van der Waals surface area contributed by atoms with Gasteiger partial charge in [0.25, 0.3) is 11.8 Å². The zero-order valence-electron chi connectivity index (χ0n) is 16.8. The van der Waals surface area contributed by atoms with E-state index in [1.54, 1.807) is 60.7 Å². The highest BCUT2D eigenvalue weighted by Gasteiger charge is 2.43. The molecule has 0 saturated heterocycles. The van der Waals surface area contributed by atoms with E-state index in [0.29, 0.717) is 11.1 Å². The molecule has 0 unspecified atom stereocenters. The predicted molar refractivity (Wildman–Crippen MR) is 107 cm³/mol. The van der Waals surface area contributed by atoms with Crippen molar-refractivity contribution in [3.63, 3.8) is 0 Å². The van der Waals surface area contributed by atoms with Crippen LogP contribution in [0, 0.1) is 0 Å².